The number of aromatic nitrogens is 4. The standard InChI is InChI=1S/C19H17N5O/c1-24-18(10-16(23-24)14-5-3-2-4-6-14)19(25)20-11-13-7-8-15-17(9-13)22-12-21-15/h2-10,12H,11H2,1H3,(H,20,25)(H,21,22). The van der Waals surface area contributed by atoms with Gasteiger partial charge in [0.15, 0.2) is 0 Å². The second-order valence-electron chi connectivity index (χ2n) is 5.84. The number of fused-ring (bicyclic) bond motifs is 1. The fraction of sp³-hybridized carbons (Fsp3) is 0.105. The molecule has 0 aliphatic rings. The van der Waals surface area contributed by atoms with Crippen LogP contribution in [0.2, 0.25) is 0 Å². The molecule has 0 spiro atoms. The van der Waals surface area contributed by atoms with Gasteiger partial charge in [0.2, 0.25) is 0 Å². The number of nitrogens with one attached hydrogen (secondary N) is 2. The molecule has 4 aromatic rings. The topological polar surface area (TPSA) is 75.6 Å². The molecular formula is C19H17N5O. The lowest BCUT2D eigenvalue weighted by molar-refractivity contribution is 0.0941. The molecule has 0 radical (unpaired) electrons. The minimum absolute atomic E-state index is 0.151. The number of amides is 1. The van der Waals surface area contributed by atoms with Gasteiger partial charge in [-0.1, -0.05) is 36.4 Å². The smallest absolute Gasteiger partial charge is 0.269 e. The zero-order chi connectivity index (χ0) is 17.2. The monoisotopic (exact) mass is 331 g/mol. The Morgan fingerprint density at radius 1 is 1.16 bits per heavy atom. The maximum atomic E-state index is 12.5. The van der Waals surface area contributed by atoms with Gasteiger partial charge in [0.1, 0.15) is 5.69 Å². The summed E-state index contributed by atoms with van der Waals surface area (Å²) in [6, 6.07) is 17.5. The first-order valence-corrected chi connectivity index (χ1v) is 8.00. The number of hydrogen-bond acceptors (Lipinski definition) is 3. The maximum absolute atomic E-state index is 12.5. The molecule has 2 N–H and O–H groups in total. The number of rotatable bonds is 4. The van der Waals surface area contributed by atoms with Crippen LogP contribution in [0.1, 0.15) is 16.1 Å². The Morgan fingerprint density at radius 3 is 2.84 bits per heavy atom. The van der Waals surface area contributed by atoms with Crippen molar-refractivity contribution in [3.05, 3.63) is 72.2 Å². The fourth-order valence-corrected chi connectivity index (χ4v) is 2.80. The first kappa shape index (κ1) is 15.1. The highest BCUT2D eigenvalue weighted by Gasteiger charge is 2.14. The number of hydrogen-bond donors (Lipinski definition) is 2. The van der Waals surface area contributed by atoms with Gasteiger partial charge in [0.25, 0.3) is 5.91 Å². The van der Waals surface area contributed by atoms with E-state index < -0.39 is 0 Å². The largest absolute Gasteiger partial charge is 0.347 e. The lowest BCUT2D eigenvalue weighted by atomic mass is 10.1. The number of carbonyl (C=O) groups excluding carboxylic acids is 1. The zero-order valence-corrected chi connectivity index (χ0v) is 13.7. The molecule has 6 heteroatoms. The number of carbonyl (C=O) groups is 1. The van der Waals surface area contributed by atoms with Gasteiger partial charge >= 0.3 is 0 Å². The molecule has 2 heterocycles. The minimum Gasteiger partial charge on any atom is -0.347 e. The van der Waals surface area contributed by atoms with E-state index >= 15 is 0 Å². The molecule has 6 nitrogen and oxygen atoms in total. The Kier molecular flexibility index (Phi) is 3.78. The minimum atomic E-state index is -0.151. The van der Waals surface area contributed by atoms with E-state index in [0.29, 0.717) is 12.2 Å². The Morgan fingerprint density at radius 2 is 2.00 bits per heavy atom. The molecule has 2 aromatic carbocycles. The Balaban J connectivity index is 1.50. The summed E-state index contributed by atoms with van der Waals surface area (Å²) in [4.78, 5) is 19.8. The molecule has 1 amide bonds. The number of H-pyrrole nitrogens is 1. The third-order valence-electron chi connectivity index (χ3n) is 4.12. The maximum Gasteiger partial charge on any atom is 0.269 e. The summed E-state index contributed by atoms with van der Waals surface area (Å²) >= 11 is 0. The summed E-state index contributed by atoms with van der Waals surface area (Å²) in [5, 5.41) is 7.38. The van der Waals surface area contributed by atoms with Crippen molar-refractivity contribution in [2.75, 3.05) is 0 Å². The summed E-state index contributed by atoms with van der Waals surface area (Å²) in [5.74, 6) is -0.151. The number of nitrogens with zero attached hydrogens (tertiary/aromatic N) is 3. The van der Waals surface area contributed by atoms with E-state index in [0.717, 1.165) is 27.9 Å². The van der Waals surface area contributed by atoms with Crippen molar-refractivity contribution in [3.8, 4) is 11.3 Å². The molecular weight excluding hydrogens is 314 g/mol. The average molecular weight is 331 g/mol. The molecule has 0 saturated heterocycles. The number of imidazole rings is 1. The van der Waals surface area contributed by atoms with Crippen LogP contribution in [0.3, 0.4) is 0 Å². The van der Waals surface area contributed by atoms with Crippen LogP contribution in [0.15, 0.2) is 60.9 Å². The quantitative estimate of drug-likeness (QED) is 0.604. The highest BCUT2D eigenvalue weighted by atomic mass is 16.2. The summed E-state index contributed by atoms with van der Waals surface area (Å²) in [6.45, 7) is 0.444. The number of aryl methyl sites for hydroxylation is 1. The summed E-state index contributed by atoms with van der Waals surface area (Å²) in [7, 11) is 1.78. The van der Waals surface area contributed by atoms with E-state index in [9.17, 15) is 4.79 Å². The van der Waals surface area contributed by atoms with E-state index in [4.69, 9.17) is 0 Å². The van der Waals surface area contributed by atoms with Crippen LogP contribution in [0.25, 0.3) is 22.3 Å². The van der Waals surface area contributed by atoms with Crippen molar-refractivity contribution in [2.24, 2.45) is 7.05 Å². The van der Waals surface area contributed by atoms with Gasteiger partial charge in [-0.3, -0.25) is 9.48 Å². The zero-order valence-electron chi connectivity index (χ0n) is 13.7. The van der Waals surface area contributed by atoms with Crippen molar-refractivity contribution in [1.82, 2.24) is 25.1 Å². The second-order valence-corrected chi connectivity index (χ2v) is 5.84. The molecule has 0 saturated carbocycles. The fourth-order valence-electron chi connectivity index (χ4n) is 2.80. The van der Waals surface area contributed by atoms with E-state index in [1.807, 2.05) is 54.6 Å². The lowest BCUT2D eigenvalue weighted by Gasteiger charge is -2.05. The van der Waals surface area contributed by atoms with E-state index in [-0.39, 0.29) is 5.91 Å². The van der Waals surface area contributed by atoms with Crippen molar-refractivity contribution >= 4 is 16.9 Å². The molecule has 0 fully saturated rings. The normalized spacial score (nSPS) is 10.9. The highest BCUT2D eigenvalue weighted by Crippen LogP contribution is 2.18. The highest BCUT2D eigenvalue weighted by molar-refractivity contribution is 5.93. The Labute approximate surface area is 144 Å². The Hall–Kier alpha value is -3.41. The molecule has 124 valence electrons. The van der Waals surface area contributed by atoms with Gasteiger partial charge in [-0.25, -0.2) is 4.98 Å². The molecule has 2 aromatic heterocycles. The second kappa shape index (κ2) is 6.24. The number of aromatic amines is 1. The van der Waals surface area contributed by atoms with Gasteiger partial charge in [-0.2, -0.15) is 5.10 Å². The van der Waals surface area contributed by atoms with Crippen LogP contribution in [0.5, 0.6) is 0 Å². The average Bonchev–Trinajstić information content (AvgIpc) is 3.26. The molecule has 0 aliphatic heterocycles. The van der Waals surface area contributed by atoms with Gasteiger partial charge in [-0.05, 0) is 23.8 Å². The molecule has 4 rings (SSSR count). The van der Waals surface area contributed by atoms with Crippen LogP contribution in [0, 0.1) is 0 Å². The van der Waals surface area contributed by atoms with Crippen LogP contribution in [-0.2, 0) is 13.6 Å². The molecule has 0 aliphatic carbocycles. The summed E-state index contributed by atoms with van der Waals surface area (Å²) in [5.41, 5.74) is 5.18. The predicted octanol–water partition coefficient (Wildman–Crippen LogP) is 2.89. The number of benzene rings is 2. The summed E-state index contributed by atoms with van der Waals surface area (Å²) in [6.07, 6.45) is 1.66. The van der Waals surface area contributed by atoms with Crippen LogP contribution in [0.4, 0.5) is 0 Å². The van der Waals surface area contributed by atoms with Crippen LogP contribution >= 0.6 is 0 Å². The SMILES string of the molecule is Cn1nc(-c2ccccc2)cc1C(=O)NCc1ccc2nc[nH]c2c1. The van der Waals surface area contributed by atoms with Gasteiger partial charge < -0.3 is 10.3 Å². The first-order valence-electron chi connectivity index (χ1n) is 8.00. The lowest BCUT2D eigenvalue weighted by Crippen LogP contribution is -2.25. The third kappa shape index (κ3) is 3.01. The van der Waals surface area contributed by atoms with Crippen molar-refractivity contribution in [1.29, 1.82) is 0 Å². The van der Waals surface area contributed by atoms with Gasteiger partial charge in [-0.15, -0.1) is 0 Å². The first-order chi connectivity index (χ1) is 12.2. The van der Waals surface area contributed by atoms with Gasteiger partial charge in [0.05, 0.1) is 23.1 Å². The van der Waals surface area contributed by atoms with Crippen molar-refractivity contribution in [3.63, 3.8) is 0 Å². The van der Waals surface area contributed by atoms with E-state index in [2.05, 4.69) is 20.4 Å². The van der Waals surface area contributed by atoms with Crippen molar-refractivity contribution < 1.29 is 4.79 Å². The summed E-state index contributed by atoms with van der Waals surface area (Å²) < 4.78 is 1.61. The van der Waals surface area contributed by atoms with Crippen molar-refractivity contribution in [2.45, 2.75) is 6.54 Å². The molecule has 0 atom stereocenters. The third-order valence-corrected chi connectivity index (χ3v) is 4.12. The Bertz CT molecular complexity index is 1030. The predicted molar refractivity (Wildman–Crippen MR) is 95.9 cm³/mol. The van der Waals surface area contributed by atoms with Crippen LogP contribution < -0.4 is 5.32 Å². The molecule has 25 heavy (non-hydrogen) atoms. The molecule has 0 unspecified atom stereocenters. The van der Waals surface area contributed by atoms with E-state index in [1.165, 1.54) is 0 Å². The van der Waals surface area contributed by atoms with E-state index in [1.54, 1.807) is 18.1 Å². The van der Waals surface area contributed by atoms with Gasteiger partial charge in [0, 0.05) is 19.2 Å². The molecule has 0 bridgehead atoms. The van der Waals surface area contributed by atoms with Crippen LogP contribution in [-0.4, -0.2) is 25.7 Å².